The molecule has 0 aliphatic heterocycles. The number of hydrogen-bond acceptors (Lipinski definition) is 1. The first-order chi connectivity index (χ1) is 8.70. The molecule has 94 valence electrons. The van der Waals surface area contributed by atoms with Gasteiger partial charge in [0.1, 0.15) is 5.82 Å². The minimum absolute atomic E-state index is 0.704. The minimum Gasteiger partial charge on any atom is -0.342 e. The van der Waals surface area contributed by atoms with Crippen molar-refractivity contribution < 1.29 is 0 Å². The van der Waals surface area contributed by atoms with Crippen molar-refractivity contribution in [2.75, 3.05) is 0 Å². The van der Waals surface area contributed by atoms with Crippen LogP contribution in [0.4, 0.5) is 0 Å². The Morgan fingerprint density at radius 1 is 1.17 bits per heavy atom. The van der Waals surface area contributed by atoms with Crippen LogP contribution in [0.2, 0.25) is 0 Å². The Morgan fingerprint density at radius 3 is 2.78 bits per heavy atom. The van der Waals surface area contributed by atoms with Crippen molar-refractivity contribution >= 4 is 11.0 Å². The molecular formula is C16H20N2. The number of aryl methyl sites for hydroxylation is 2. The van der Waals surface area contributed by atoms with Gasteiger partial charge in [0.05, 0.1) is 11.0 Å². The normalized spacial score (nSPS) is 30.4. The second-order valence-electron chi connectivity index (χ2n) is 6.38. The van der Waals surface area contributed by atoms with Crippen LogP contribution in [0, 0.1) is 25.7 Å². The summed E-state index contributed by atoms with van der Waals surface area (Å²) in [6.07, 6.45) is 5.69. The fraction of sp³-hybridized carbons (Fsp3) is 0.562. The van der Waals surface area contributed by atoms with E-state index in [0.717, 1.165) is 11.8 Å². The zero-order valence-electron chi connectivity index (χ0n) is 11.2. The Bertz CT molecular complexity index is 611. The number of benzene rings is 1. The number of nitrogens with zero attached hydrogens (tertiary/aromatic N) is 1. The van der Waals surface area contributed by atoms with Crippen molar-refractivity contribution in [3.63, 3.8) is 0 Å². The Kier molecular flexibility index (Phi) is 2.12. The van der Waals surface area contributed by atoms with E-state index >= 15 is 0 Å². The molecule has 2 aliphatic rings. The summed E-state index contributed by atoms with van der Waals surface area (Å²) >= 11 is 0. The summed E-state index contributed by atoms with van der Waals surface area (Å²) in [6, 6.07) is 4.46. The van der Waals surface area contributed by atoms with E-state index in [9.17, 15) is 0 Å². The van der Waals surface area contributed by atoms with Crippen molar-refractivity contribution in [1.29, 1.82) is 0 Å². The lowest BCUT2D eigenvalue weighted by molar-refractivity contribution is 0.408. The highest BCUT2D eigenvalue weighted by molar-refractivity contribution is 5.79. The highest BCUT2D eigenvalue weighted by atomic mass is 14.9. The average Bonchev–Trinajstić information content (AvgIpc) is 3.01. The van der Waals surface area contributed by atoms with Crippen molar-refractivity contribution in [2.45, 2.75) is 45.4 Å². The van der Waals surface area contributed by atoms with E-state index in [2.05, 4.69) is 31.0 Å². The topological polar surface area (TPSA) is 28.7 Å². The number of fused-ring (bicyclic) bond motifs is 3. The van der Waals surface area contributed by atoms with Crippen LogP contribution < -0.4 is 0 Å². The van der Waals surface area contributed by atoms with E-state index in [4.69, 9.17) is 4.98 Å². The molecule has 1 N–H and O–H groups in total. The van der Waals surface area contributed by atoms with Gasteiger partial charge in [-0.2, -0.15) is 0 Å². The predicted octanol–water partition coefficient (Wildman–Crippen LogP) is 4.08. The molecule has 3 atom stereocenters. The molecule has 3 unspecified atom stereocenters. The summed E-state index contributed by atoms with van der Waals surface area (Å²) in [4.78, 5) is 8.49. The Hall–Kier alpha value is -1.31. The molecule has 2 heteroatoms. The quantitative estimate of drug-likeness (QED) is 0.799. The van der Waals surface area contributed by atoms with Crippen LogP contribution in [-0.4, -0.2) is 9.97 Å². The molecular weight excluding hydrogens is 220 g/mol. The maximum Gasteiger partial charge on any atom is 0.110 e. The molecule has 1 aromatic carbocycles. The first kappa shape index (κ1) is 10.6. The highest BCUT2D eigenvalue weighted by Crippen LogP contribution is 2.52. The summed E-state index contributed by atoms with van der Waals surface area (Å²) in [5, 5.41) is 0. The summed E-state index contributed by atoms with van der Waals surface area (Å²) < 4.78 is 0. The molecule has 0 spiro atoms. The van der Waals surface area contributed by atoms with Crippen molar-refractivity contribution in [2.24, 2.45) is 11.8 Å². The molecule has 2 bridgehead atoms. The van der Waals surface area contributed by atoms with Crippen LogP contribution in [-0.2, 0) is 0 Å². The number of hydrogen-bond donors (Lipinski definition) is 1. The van der Waals surface area contributed by atoms with Crippen molar-refractivity contribution in [1.82, 2.24) is 9.97 Å². The molecule has 1 heterocycles. The van der Waals surface area contributed by atoms with Crippen LogP contribution in [0.3, 0.4) is 0 Å². The zero-order valence-corrected chi connectivity index (χ0v) is 11.2. The summed E-state index contributed by atoms with van der Waals surface area (Å²) in [5.41, 5.74) is 5.03. The van der Waals surface area contributed by atoms with E-state index in [1.165, 1.54) is 53.7 Å². The predicted molar refractivity (Wildman–Crippen MR) is 73.8 cm³/mol. The average molecular weight is 240 g/mol. The lowest BCUT2D eigenvalue weighted by Crippen LogP contribution is -2.09. The van der Waals surface area contributed by atoms with Gasteiger partial charge in [0, 0.05) is 5.92 Å². The van der Waals surface area contributed by atoms with Crippen LogP contribution in [0.1, 0.15) is 48.6 Å². The molecule has 18 heavy (non-hydrogen) atoms. The van der Waals surface area contributed by atoms with Gasteiger partial charge in [-0.3, -0.25) is 0 Å². The number of imidazole rings is 1. The van der Waals surface area contributed by atoms with E-state index < -0.39 is 0 Å². The maximum atomic E-state index is 4.90. The van der Waals surface area contributed by atoms with Crippen molar-refractivity contribution in [3.8, 4) is 0 Å². The van der Waals surface area contributed by atoms with E-state index in [-0.39, 0.29) is 0 Å². The smallest absolute Gasteiger partial charge is 0.110 e. The largest absolute Gasteiger partial charge is 0.342 e. The first-order valence-corrected chi connectivity index (χ1v) is 7.17. The van der Waals surface area contributed by atoms with Crippen LogP contribution >= 0.6 is 0 Å². The number of aromatic amines is 1. The Balaban J connectivity index is 1.80. The third kappa shape index (κ3) is 1.44. The lowest BCUT2D eigenvalue weighted by atomic mass is 9.88. The molecule has 2 fully saturated rings. The fourth-order valence-corrected chi connectivity index (χ4v) is 4.25. The second-order valence-corrected chi connectivity index (χ2v) is 6.38. The van der Waals surface area contributed by atoms with Gasteiger partial charge < -0.3 is 4.98 Å². The van der Waals surface area contributed by atoms with Gasteiger partial charge in [0.15, 0.2) is 0 Å². The highest BCUT2D eigenvalue weighted by Gasteiger charge is 2.41. The van der Waals surface area contributed by atoms with Crippen LogP contribution in [0.5, 0.6) is 0 Å². The molecule has 0 radical (unpaired) electrons. The third-order valence-electron chi connectivity index (χ3n) is 5.03. The molecule has 0 amide bonds. The Morgan fingerprint density at radius 2 is 2.06 bits per heavy atom. The number of H-pyrrole nitrogens is 1. The van der Waals surface area contributed by atoms with Crippen molar-refractivity contribution in [3.05, 3.63) is 29.1 Å². The van der Waals surface area contributed by atoms with E-state index in [1.54, 1.807) is 0 Å². The zero-order chi connectivity index (χ0) is 12.3. The summed E-state index contributed by atoms with van der Waals surface area (Å²) in [7, 11) is 0. The number of aromatic nitrogens is 2. The van der Waals surface area contributed by atoms with Gasteiger partial charge >= 0.3 is 0 Å². The molecule has 4 rings (SSSR count). The summed E-state index contributed by atoms with van der Waals surface area (Å²) in [5.74, 6) is 3.84. The lowest BCUT2D eigenvalue weighted by Gasteiger charge is -2.18. The third-order valence-corrected chi connectivity index (χ3v) is 5.03. The van der Waals surface area contributed by atoms with Gasteiger partial charge in [-0.05, 0) is 62.1 Å². The maximum absolute atomic E-state index is 4.90. The van der Waals surface area contributed by atoms with Crippen LogP contribution in [0.15, 0.2) is 12.1 Å². The molecule has 1 aromatic heterocycles. The standard InChI is InChI=1S/C16H20N2/c1-9-5-10(2)15-14(6-9)17-16(18-15)13-8-11-3-4-12(13)7-11/h5-6,11-13H,3-4,7-8H2,1-2H3,(H,17,18). The molecule has 2 aromatic rings. The second kappa shape index (κ2) is 3.59. The van der Waals surface area contributed by atoms with E-state index in [1.807, 2.05) is 0 Å². The molecule has 2 nitrogen and oxygen atoms in total. The molecule has 2 saturated carbocycles. The van der Waals surface area contributed by atoms with Crippen LogP contribution in [0.25, 0.3) is 11.0 Å². The van der Waals surface area contributed by atoms with Gasteiger partial charge in [-0.1, -0.05) is 12.5 Å². The van der Waals surface area contributed by atoms with Gasteiger partial charge in [-0.25, -0.2) is 4.98 Å². The summed E-state index contributed by atoms with van der Waals surface area (Å²) in [6.45, 7) is 4.32. The first-order valence-electron chi connectivity index (χ1n) is 7.17. The molecule has 0 saturated heterocycles. The number of nitrogens with one attached hydrogen (secondary N) is 1. The molecule has 2 aliphatic carbocycles. The van der Waals surface area contributed by atoms with E-state index in [0.29, 0.717) is 5.92 Å². The minimum atomic E-state index is 0.704. The Labute approximate surface area is 108 Å². The van der Waals surface area contributed by atoms with Gasteiger partial charge in [0.2, 0.25) is 0 Å². The fourth-order valence-electron chi connectivity index (χ4n) is 4.25. The monoisotopic (exact) mass is 240 g/mol. The SMILES string of the molecule is Cc1cc(C)c2nc(C3CC4CCC3C4)[nH]c2c1. The van der Waals surface area contributed by atoms with Gasteiger partial charge in [-0.15, -0.1) is 0 Å². The number of rotatable bonds is 1. The van der Waals surface area contributed by atoms with Gasteiger partial charge in [0.25, 0.3) is 0 Å².